The van der Waals surface area contributed by atoms with Crippen LogP contribution in [0.25, 0.3) is 0 Å². The minimum atomic E-state index is -1.57. The average Bonchev–Trinajstić information content (AvgIpc) is 2.26. The number of hydrogen-bond donors (Lipinski definition) is 3. The molecule has 3 N–H and O–H groups in total. The van der Waals surface area contributed by atoms with Gasteiger partial charge in [-0.15, -0.1) is 0 Å². The van der Waals surface area contributed by atoms with Gasteiger partial charge in [0.05, 0.1) is 0 Å². The molecule has 5 nitrogen and oxygen atoms in total. The van der Waals surface area contributed by atoms with Crippen LogP contribution >= 0.6 is 0 Å². The summed E-state index contributed by atoms with van der Waals surface area (Å²) >= 11 is 0. The smallest absolute Gasteiger partial charge is 0.337 e. The molecule has 1 atom stereocenters. The molecule has 0 amide bonds. The van der Waals surface area contributed by atoms with Crippen molar-refractivity contribution in [3.05, 3.63) is 34.9 Å². The summed E-state index contributed by atoms with van der Waals surface area (Å²) in [5.74, 6) is -2.23. The van der Waals surface area contributed by atoms with Crippen molar-refractivity contribution in [1.29, 1.82) is 0 Å². The van der Waals surface area contributed by atoms with Crippen LogP contribution in [0, 0.1) is 6.92 Å². The second-order valence-electron chi connectivity index (χ2n) is 3.82. The topological polar surface area (TPSA) is 94.8 Å². The van der Waals surface area contributed by atoms with Crippen molar-refractivity contribution in [2.75, 3.05) is 0 Å². The molecule has 0 aliphatic carbocycles. The van der Waals surface area contributed by atoms with Gasteiger partial charge >= 0.3 is 11.9 Å². The zero-order valence-corrected chi connectivity index (χ0v) is 9.38. The van der Waals surface area contributed by atoms with E-state index < -0.39 is 18.0 Å². The third-order valence-electron chi connectivity index (χ3n) is 2.53. The van der Waals surface area contributed by atoms with E-state index in [2.05, 4.69) is 0 Å². The van der Waals surface area contributed by atoms with Crippen LogP contribution in [0.1, 0.15) is 29.2 Å². The summed E-state index contributed by atoms with van der Waals surface area (Å²) in [6.45, 7) is 1.81. The minimum Gasteiger partial charge on any atom is -0.481 e. The summed E-state index contributed by atoms with van der Waals surface area (Å²) in [5.41, 5.74) is 1.89. The molecule has 0 saturated carbocycles. The maximum absolute atomic E-state index is 10.6. The van der Waals surface area contributed by atoms with Gasteiger partial charge in [-0.05, 0) is 30.0 Å². The molecular formula is C12H14O5. The predicted octanol–water partition coefficient (Wildman–Crippen LogP) is 1.13. The van der Waals surface area contributed by atoms with Gasteiger partial charge in [0.25, 0.3) is 0 Å². The van der Waals surface area contributed by atoms with Gasteiger partial charge in [0, 0.05) is 6.42 Å². The van der Waals surface area contributed by atoms with Crippen LogP contribution in [0.4, 0.5) is 0 Å². The highest BCUT2D eigenvalue weighted by atomic mass is 16.4. The molecule has 1 unspecified atom stereocenters. The van der Waals surface area contributed by atoms with Crippen molar-refractivity contribution < 1.29 is 24.9 Å². The molecule has 0 aliphatic rings. The number of aliphatic carboxylic acids is 2. The normalized spacial score (nSPS) is 12.1. The number of rotatable bonds is 5. The maximum atomic E-state index is 10.6. The van der Waals surface area contributed by atoms with Crippen molar-refractivity contribution in [3.63, 3.8) is 0 Å². The third-order valence-corrected chi connectivity index (χ3v) is 2.53. The van der Waals surface area contributed by atoms with E-state index in [9.17, 15) is 14.7 Å². The standard InChI is InChI=1S/C12H14O5/c1-7-2-3-9(11(15)12(16)17)6-8(7)4-5-10(13)14/h2-3,6,11,15H,4-5H2,1H3,(H,13,14)(H,16,17). The molecule has 0 saturated heterocycles. The lowest BCUT2D eigenvalue weighted by Crippen LogP contribution is -2.11. The summed E-state index contributed by atoms with van der Waals surface area (Å²) in [6.07, 6.45) is -1.27. The van der Waals surface area contributed by atoms with Crippen LogP contribution in [-0.4, -0.2) is 27.3 Å². The zero-order chi connectivity index (χ0) is 13.0. The molecule has 1 aromatic rings. The van der Waals surface area contributed by atoms with Gasteiger partial charge < -0.3 is 15.3 Å². The molecule has 0 spiro atoms. The van der Waals surface area contributed by atoms with Gasteiger partial charge in [-0.1, -0.05) is 18.2 Å². The first-order valence-corrected chi connectivity index (χ1v) is 5.14. The Hall–Kier alpha value is -1.88. The number of aryl methyl sites for hydroxylation is 2. The van der Waals surface area contributed by atoms with E-state index in [4.69, 9.17) is 10.2 Å². The largest absolute Gasteiger partial charge is 0.481 e. The Morgan fingerprint density at radius 3 is 2.47 bits per heavy atom. The van der Waals surface area contributed by atoms with Crippen LogP contribution in [-0.2, 0) is 16.0 Å². The van der Waals surface area contributed by atoms with Crippen LogP contribution in [0.3, 0.4) is 0 Å². The highest BCUT2D eigenvalue weighted by molar-refractivity contribution is 5.74. The molecule has 0 aromatic heterocycles. The lowest BCUT2D eigenvalue weighted by Gasteiger charge is -2.10. The quantitative estimate of drug-likeness (QED) is 0.714. The SMILES string of the molecule is Cc1ccc(C(O)C(=O)O)cc1CCC(=O)O. The van der Waals surface area contributed by atoms with Gasteiger partial charge in [0.2, 0.25) is 0 Å². The second kappa shape index (κ2) is 5.45. The third kappa shape index (κ3) is 3.57. The van der Waals surface area contributed by atoms with Gasteiger partial charge in [0.15, 0.2) is 6.10 Å². The molecule has 1 rings (SSSR count). The lowest BCUT2D eigenvalue weighted by molar-refractivity contribution is -0.147. The number of carboxylic acids is 2. The van der Waals surface area contributed by atoms with E-state index in [1.807, 2.05) is 6.92 Å². The fourth-order valence-corrected chi connectivity index (χ4v) is 1.51. The Kier molecular flexibility index (Phi) is 4.23. The van der Waals surface area contributed by atoms with E-state index in [0.717, 1.165) is 11.1 Å². The Labute approximate surface area is 98.3 Å². The monoisotopic (exact) mass is 238 g/mol. The van der Waals surface area contributed by atoms with E-state index >= 15 is 0 Å². The number of carbonyl (C=O) groups is 2. The fourth-order valence-electron chi connectivity index (χ4n) is 1.51. The lowest BCUT2D eigenvalue weighted by atomic mass is 9.98. The van der Waals surface area contributed by atoms with Crippen molar-refractivity contribution >= 4 is 11.9 Å². The van der Waals surface area contributed by atoms with E-state index in [-0.39, 0.29) is 12.0 Å². The van der Waals surface area contributed by atoms with Gasteiger partial charge in [0.1, 0.15) is 0 Å². The summed E-state index contributed by atoms with van der Waals surface area (Å²) in [4.78, 5) is 21.1. The molecule has 92 valence electrons. The van der Waals surface area contributed by atoms with Crippen molar-refractivity contribution in [2.24, 2.45) is 0 Å². The first-order chi connectivity index (χ1) is 7.91. The van der Waals surface area contributed by atoms with Crippen LogP contribution < -0.4 is 0 Å². The summed E-state index contributed by atoms with van der Waals surface area (Å²) < 4.78 is 0. The predicted molar refractivity (Wildman–Crippen MR) is 59.7 cm³/mol. The molecule has 0 aliphatic heterocycles. The molecule has 0 bridgehead atoms. The Morgan fingerprint density at radius 1 is 1.29 bits per heavy atom. The molecule has 0 fully saturated rings. The average molecular weight is 238 g/mol. The molecule has 0 heterocycles. The van der Waals surface area contributed by atoms with Crippen molar-refractivity contribution in [1.82, 2.24) is 0 Å². The number of aliphatic hydroxyl groups is 1. The zero-order valence-electron chi connectivity index (χ0n) is 9.38. The van der Waals surface area contributed by atoms with Gasteiger partial charge in [-0.3, -0.25) is 4.79 Å². The molecule has 5 heteroatoms. The number of aliphatic hydroxyl groups excluding tert-OH is 1. The minimum absolute atomic E-state index is 0.0204. The Bertz CT molecular complexity index is 439. The Balaban J connectivity index is 2.93. The molecule has 17 heavy (non-hydrogen) atoms. The van der Waals surface area contributed by atoms with E-state index in [0.29, 0.717) is 6.42 Å². The summed E-state index contributed by atoms with van der Waals surface area (Å²) in [6, 6.07) is 4.74. The highest BCUT2D eigenvalue weighted by Crippen LogP contribution is 2.19. The first-order valence-electron chi connectivity index (χ1n) is 5.14. The Morgan fingerprint density at radius 2 is 1.94 bits per heavy atom. The van der Waals surface area contributed by atoms with Gasteiger partial charge in [-0.2, -0.15) is 0 Å². The number of carboxylic acid groups (broad SMARTS) is 2. The van der Waals surface area contributed by atoms with Crippen molar-refractivity contribution in [2.45, 2.75) is 25.9 Å². The van der Waals surface area contributed by atoms with Crippen LogP contribution in [0.2, 0.25) is 0 Å². The molecule has 1 aromatic carbocycles. The summed E-state index contributed by atoms with van der Waals surface area (Å²) in [5, 5.41) is 26.6. The van der Waals surface area contributed by atoms with E-state index in [1.54, 1.807) is 6.07 Å². The second-order valence-corrected chi connectivity index (χ2v) is 3.82. The van der Waals surface area contributed by atoms with Gasteiger partial charge in [-0.25, -0.2) is 4.79 Å². The van der Waals surface area contributed by atoms with Crippen molar-refractivity contribution in [3.8, 4) is 0 Å². The number of benzene rings is 1. The summed E-state index contributed by atoms with van der Waals surface area (Å²) in [7, 11) is 0. The first kappa shape index (κ1) is 13.2. The van der Waals surface area contributed by atoms with Crippen LogP contribution in [0.15, 0.2) is 18.2 Å². The molecular weight excluding hydrogens is 224 g/mol. The maximum Gasteiger partial charge on any atom is 0.337 e. The van der Waals surface area contributed by atoms with E-state index in [1.165, 1.54) is 12.1 Å². The highest BCUT2D eigenvalue weighted by Gasteiger charge is 2.16. The van der Waals surface area contributed by atoms with Crippen LogP contribution in [0.5, 0.6) is 0 Å². The fraction of sp³-hybridized carbons (Fsp3) is 0.333. The molecule has 0 radical (unpaired) electrons. The number of hydrogen-bond acceptors (Lipinski definition) is 3.